The van der Waals surface area contributed by atoms with Gasteiger partial charge in [-0.1, -0.05) is 11.3 Å². The first kappa shape index (κ1) is 23.2. The van der Waals surface area contributed by atoms with Crippen molar-refractivity contribution >= 4 is 22.4 Å². The molecule has 3 heterocycles. The lowest BCUT2D eigenvalue weighted by atomic mass is 9.99. The summed E-state index contributed by atoms with van der Waals surface area (Å²) in [6, 6.07) is 12.3. The van der Waals surface area contributed by atoms with Gasteiger partial charge in [0.2, 0.25) is 11.0 Å². The van der Waals surface area contributed by atoms with E-state index in [1.165, 1.54) is 43.8 Å². The number of halogens is 1. The SMILES string of the molecule is COc1ccc(F)cc1-c1cc(C#N)ncc1C(=O)Nc1nnc(COc2ccc(C#N)cn2)s1. The van der Waals surface area contributed by atoms with Crippen LogP contribution in [0.3, 0.4) is 0 Å². The molecule has 0 atom stereocenters. The molecule has 1 aromatic carbocycles. The van der Waals surface area contributed by atoms with Crippen molar-refractivity contribution in [2.45, 2.75) is 6.61 Å². The van der Waals surface area contributed by atoms with Crippen molar-refractivity contribution in [3.8, 4) is 34.9 Å². The molecule has 4 aromatic rings. The maximum absolute atomic E-state index is 14.0. The number of ether oxygens (including phenoxy) is 2. The Bertz CT molecular complexity index is 1480. The third-order valence-electron chi connectivity index (χ3n) is 4.61. The number of benzene rings is 1. The molecule has 10 nitrogen and oxygen atoms in total. The van der Waals surface area contributed by atoms with Gasteiger partial charge in [-0.05, 0) is 30.3 Å². The van der Waals surface area contributed by atoms with E-state index in [4.69, 9.17) is 14.7 Å². The van der Waals surface area contributed by atoms with E-state index >= 15 is 0 Å². The number of rotatable bonds is 7. The van der Waals surface area contributed by atoms with Crippen molar-refractivity contribution in [1.82, 2.24) is 20.2 Å². The minimum Gasteiger partial charge on any atom is -0.496 e. The Morgan fingerprint density at radius 1 is 1.09 bits per heavy atom. The fraction of sp³-hybridized carbons (Fsp3) is 0.0870. The highest BCUT2D eigenvalue weighted by Crippen LogP contribution is 2.34. The lowest BCUT2D eigenvalue weighted by molar-refractivity contribution is 0.102. The highest BCUT2D eigenvalue weighted by Gasteiger charge is 2.20. The van der Waals surface area contributed by atoms with Gasteiger partial charge in [0.1, 0.15) is 36.0 Å². The molecule has 0 fully saturated rings. The Morgan fingerprint density at radius 2 is 1.94 bits per heavy atom. The van der Waals surface area contributed by atoms with Crippen LogP contribution in [-0.2, 0) is 6.61 Å². The number of carbonyl (C=O) groups is 1. The van der Waals surface area contributed by atoms with Crippen LogP contribution >= 0.6 is 11.3 Å². The fourth-order valence-electron chi connectivity index (χ4n) is 3.01. The first-order valence-electron chi connectivity index (χ1n) is 9.87. The van der Waals surface area contributed by atoms with Crippen molar-refractivity contribution in [1.29, 1.82) is 10.5 Å². The molecule has 0 aliphatic heterocycles. The maximum atomic E-state index is 14.0. The van der Waals surface area contributed by atoms with Gasteiger partial charge in [0.15, 0.2) is 5.01 Å². The Balaban J connectivity index is 1.54. The summed E-state index contributed by atoms with van der Waals surface area (Å²) >= 11 is 1.09. The van der Waals surface area contributed by atoms with Crippen LogP contribution in [0, 0.1) is 28.5 Å². The van der Waals surface area contributed by atoms with Gasteiger partial charge in [-0.25, -0.2) is 14.4 Å². The van der Waals surface area contributed by atoms with Gasteiger partial charge in [0.05, 0.1) is 18.2 Å². The zero-order valence-electron chi connectivity index (χ0n) is 18.0. The van der Waals surface area contributed by atoms with E-state index in [0.717, 1.165) is 11.3 Å². The molecule has 35 heavy (non-hydrogen) atoms. The maximum Gasteiger partial charge on any atom is 0.259 e. The Hall–Kier alpha value is -4.94. The molecule has 3 aromatic heterocycles. The topological polar surface area (TPSA) is 147 Å². The fourth-order valence-corrected chi connectivity index (χ4v) is 3.65. The predicted molar refractivity (Wildman–Crippen MR) is 122 cm³/mol. The molecule has 0 saturated heterocycles. The molecule has 0 bridgehead atoms. The molecule has 0 saturated carbocycles. The van der Waals surface area contributed by atoms with Gasteiger partial charge in [-0.2, -0.15) is 10.5 Å². The van der Waals surface area contributed by atoms with E-state index in [1.807, 2.05) is 12.1 Å². The zero-order chi connectivity index (χ0) is 24.8. The summed E-state index contributed by atoms with van der Waals surface area (Å²) in [7, 11) is 1.42. The van der Waals surface area contributed by atoms with Crippen molar-refractivity contribution in [2.75, 3.05) is 12.4 Å². The van der Waals surface area contributed by atoms with Gasteiger partial charge >= 0.3 is 0 Å². The standard InChI is InChI=1S/C23H14FN7O3S/c1-33-19-4-3-14(24)6-17(19)16-7-15(9-26)27-11-18(16)22(32)29-23-31-30-21(35-23)12-34-20-5-2-13(8-25)10-28-20/h2-7,10-11H,12H2,1H3,(H,29,31,32). The number of hydrogen-bond donors (Lipinski definition) is 1. The van der Waals surface area contributed by atoms with E-state index in [9.17, 15) is 14.4 Å². The lowest BCUT2D eigenvalue weighted by Crippen LogP contribution is -2.14. The van der Waals surface area contributed by atoms with Crippen LogP contribution in [0.1, 0.15) is 26.6 Å². The number of pyridine rings is 2. The van der Waals surface area contributed by atoms with Crippen LogP contribution < -0.4 is 14.8 Å². The number of anilines is 1. The van der Waals surface area contributed by atoms with E-state index in [2.05, 4.69) is 25.5 Å². The Morgan fingerprint density at radius 3 is 2.66 bits per heavy atom. The molecule has 4 rings (SSSR count). The first-order valence-corrected chi connectivity index (χ1v) is 10.7. The van der Waals surface area contributed by atoms with Crippen LogP contribution in [0.5, 0.6) is 11.6 Å². The zero-order valence-corrected chi connectivity index (χ0v) is 18.8. The third-order valence-corrected chi connectivity index (χ3v) is 5.42. The van der Waals surface area contributed by atoms with E-state index in [0.29, 0.717) is 22.2 Å². The Labute approximate surface area is 202 Å². The molecule has 12 heteroatoms. The van der Waals surface area contributed by atoms with Gasteiger partial charge in [0.25, 0.3) is 5.91 Å². The van der Waals surface area contributed by atoms with Crippen LogP contribution in [0.15, 0.2) is 48.8 Å². The largest absolute Gasteiger partial charge is 0.496 e. The second-order valence-electron chi connectivity index (χ2n) is 6.81. The number of methoxy groups -OCH3 is 1. The molecule has 0 unspecified atom stereocenters. The highest BCUT2D eigenvalue weighted by molar-refractivity contribution is 7.15. The van der Waals surface area contributed by atoms with Crippen LogP contribution in [0.4, 0.5) is 9.52 Å². The second-order valence-corrected chi connectivity index (χ2v) is 7.87. The predicted octanol–water partition coefficient (Wildman–Crippen LogP) is 3.72. The van der Waals surface area contributed by atoms with Crippen molar-refractivity contribution in [2.24, 2.45) is 0 Å². The minimum absolute atomic E-state index is 0.0506. The summed E-state index contributed by atoms with van der Waals surface area (Å²) < 4.78 is 24.8. The normalized spacial score (nSPS) is 10.2. The molecule has 0 radical (unpaired) electrons. The number of aromatic nitrogens is 4. The van der Waals surface area contributed by atoms with Crippen LogP contribution in [0.25, 0.3) is 11.1 Å². The molecule has 1 amide bonds. The van der Waals surface area contributed by atoms with E-state index < -0.39 is 11.7 Å². The van der Waals surface area contributed by atoms with Crippen molar-refractivity contribution < 1.29 is 18.7 Å². The Kier molecular flexibility index (Phi) is 6.86. The van der Waals surface area contributed by atoms with E-state index in [-0.39, 0.29) is 34.1 Å². The highest BCUT2D eigenvalue weighted by atomic mass is 32.1. The third kappa shape index (κ3) is 5.35. The first-order chi connectivity index (χ1) is 17.0. The molecule has 172 valence electrons. The number of nitrogens with one attached hydrogen (secondary N) is 1. The molecular formula is C23H14FN7O3S. The number of nitrogens with zero attached hydrogens (tertiary/aromatic N) is 6. The monoisotopic (exact) mass is 487 g/mol. The average molecular weight is 487 g/mol. The smallest absolute Gasteiger partial charge is 0.259 e. The summed E-state index contributed by atoms with van der Waals surface area (Å²) in [5.74, 6) is -0.488. The minimum atomic E-state index is -0.583. The summed E-state index contributed by atoms with van der Waals surface area (Å²) in [5.41, 5.74) is 1.10. The molecule has 0 aliphatic rings. The van der Waals surface area contributed by atoms with Gasteiger partial charge in [0, 0.05) is 29.6 Å². The summed E-state index contributed by atoms with van der Waals surface area (Å²) in [4.78, 5) is 21.0. The lowest BCUT2D eigenvalue weighted by Gasteiger charge is -2.13. The molecular weight excluding hydrogens is 473 g/mol. The number of carbonyl (C=O) groups excluding carboxylic acids is 1. The van der Waals surface area contributed by atoms with Gasteiger partial charge in [-0.15, -0.1) is 10.2 Å². The van der Waals surface area contributed by atoms with Crippen molar-refractivity contribution in [3.63, 3.8) is 0 Å². The van der Waals surface area contributed by atoms with Gasteiger partial charge in [-0.3, -0.25) is 10.1 Å². The molecule has 1 N–H and O–H groups in total. The van der Waals surface area contributed by atoms with Crippen LogP contribution in [-0.4, -0.2) is 33.2 Å². The number of nitriles is 2. The molecule has 0 spiro atoms. The quantitative estimate of drug-likeness (QED) is 0.412. The average Bonchev–Trinajstić information content (AvgIpc) is 3.34. The number of amides is 1. The van der Waals surface area contributed by atoms with E-state index in [1.54, 1.807) is 12.1 Å². The van der Waals surface area contributed by atoms with Crippen LogP contribution in [0.2, 0.25) is 0 Å². The second kappa shape index (κ2) is 10.3. The molecule has 0 aliphatic carbocycles. The van der Waals surface area contributed by atoms with Crippen molar-refractivity contribution in [3.05, 3.63) is 76.4 Å². The summed E-state index contributed by atoms with van der Waals surface area (Å²) in [6.45, 7) is 0.0522. The van der Waals surface area contributed by atoms with Gasteiger partial charge < -0.3 is 9.47 Å². The summed E-state index contributed by atoms with van der Waals surface area (Å²) in [6.07, 6.45) is 2.62. The summed E-state index contributed by atoms with van der Waals surface area (Å²) in [5, 5.41) is 29.3. The number of hydrogen-bond acceptors (Lipinski definition) is 10.